The molecule has 3 aromatic rings. The molecule has 0 bridgehead atoms. The van der Waals surface area contributed by atoms with Crippen molar-refractivity contribution in [2.45, 2.75) is 26.7 Å². The van der Waals surface area contributed by atoms with Gasteiger partial charge in [-0.05, 0) is 24.5 Å². The van der Waals surface area contributed by atoms with Crippen LogP contribution in [0.2, 0.25) is 0 Å². The van der Waals surface area contributed by atoms with Crippen LogP contribution in [0, 0.1) is 6.92 Å². The number of hydrogen-bond donors (Lipinski definition) is 1. The van der Waals surface area contributed by atoms with Crippen LogP contribution in [-0.2, 0) is 0 Å². The fourth-order valence-electron chi connectivity index (χ4n) is 2.12. The molecule has 0 spiro atoms. The summed E-state index contributed by atoms with van der Waals surface area (Å²) in [6.45, 7) is 6.01. The number of thiazole rings is 1. The lowest BCUT2D eigenvalue weighted by atomic mass is 10.0. The SMILES string of the molecule is Cc1cc(C(=O)Nc2nc3c(C(C)C)cccc3s2)no1. The average Bonchev–Trinajstić information content (AvgIpc) is 3.03. The van der Waals surface area contributed by atoms with Gasteiger partial charge in [0.1, 0.15) is 5.76 Å². The Morgan fingerprint density at radius 3 is 2.86 bits per heavy atom. The molecule has 0 aliphatic rings. The van der Waals surface area contributed by atoms with E-state index in [0.29, 0.717) is 16.8 Å². The van der Waals surface area contributed by atoms with Crippen molar-refractivity contribution in [1.82, 2.24) is 10.1 Å². The first-order chi connectivity index (χ1) is 10.0. The quantitative estimate of drug-likeness (QED) is 0.794. The fourth-order valence-corrected chi connectivity index (χ4v) is 3.02. The van der Waals surface area contributed by atoms with Gasteiger partial charge in [0, 0.05) is 6.07 Å². The minimum Gasteiger partial charge on any atom is -0.361 e. The monoisotopic (exact) mass is 301 g/mol. The molecule has 0 aliphatic heterocycles. The number of para-hydroxylation sites is 1. The molecular weight excluding hydrogens is 286 g/mol. The summed E-state index contributed by atoms with van der Waals surface area (Å²) < 4.78 is 5.97. The van der Waals surface area contributed by atoms with Gasteiger partial charge in [0.25, 0.3) is 5.91 Å². The van der Waals surface area contributed by atoms with Crippen LogP contribution in [0.5, 0.6) is 0 Å². The van der Waals surface area contributed by atoms with E-state index in [0.717, 1.165) is 10.2 Å². The molecule has 108 valence electrons. The third-order valence-corrected chi connectivity index (χ3v) is 4.09. The Balaban J connectivity index is 1.91. The van der Waals surface area contributed by atoms with Crippen LogP contribution >= 0.6 is 11.3 Å². The predicted octanol–water partition coefficient (Wildman–Crippen LogP) is 3.97. The molecule has 1 N–H and O–H groups in total. The molecule has 0 saturated heterocycles. The van der Waals surface area contributed by atoms with E-state index in [4.69, 9.17) is 4.52 Å². The first kappa shape index (κ1) is 13.8. The van der Waals surface area contributed by atoms with Gasteiger partial charge in [-0.1, -0.05) is 42.5 Å². The number of aryl methyl sites for hydroxylation is 1. The lowest BCUT2D eigenvalue weighted by Crippen LogP contribution is -2.11. The number of amides is 1. The Hall–Kier alpha value is -2.21. The van der Waals surface area contributed by atoms with Crippen LogP contribution in [0.3, 0.4) is 0 Å². The average molecular weight is 301 g/mol. The summed E-state index contributed by atoms with van der Waals surface area (Å²) in [4.78, 5) is 16.6. The third-order valence-electron chi connectivity index (χ3n) is 3.15. The Morgan fingerprint density at radius 2 is 2.19 bits per heavy atom. The minimum absolute atomic E-state index is 0.260. The molecule has 1 amide bonds. The highest BCUT2D eigenvalue weighted by Crippen LogP contribution is 2.31. The van der Waals surface area contributed by atoms with E-state index in [1.165, 1.54) is 16.9 Å². The third kappa shape index (κ3) is 2.67. The van der Waals surface area contributed by atoms with Crippen molar-refractivity contribution in [2.24, 2.45) is 0 Å². The molecule has 2 aromatic heterocycles. The topological polar surface area (TPSA) is 68.0 Å². The Kier molecular flexibility index (Phi) is 3.47. The van der Waals surface area contributed by atoms with Gasteiger partial charge in [-0.25, -0.2) is 4.98 Å². The smallest absolute Gasteiger partial charge is 0.279 e. The van der Waals surface area contributed by atoms with Crippen molar-refractivity contribution < 1.29 is 9.32 Å². The van der Waals surface area contributed by atoms with Gasteiger partial charge in [-0.2, -0.15) is 0 Å². The van der Waals surface area contributed by atoms with Crippen molar-refractivity contribution in [2.75, 3.05) is 5.32 Å². The van der Waals surface area contributed by atoms with Crippen molar-refractivity contribution in [3.8, 4) is 0 Å². The van der Waals surface area contributed by atoms with Gasteiger partial charge < -0.3 is 4.52 Å². The number of rotatable bonds is 3. The zero-order valence-electron chi connectivity index (χ0n) is 12.0. The van der Waals surface area contributed by atoms with Crippen molar-refractivity contribution >= 4 is 32.6 Å². The molecule has 6 heteroatoms. The lowest BCUT2D eigenvalue weighted by molar-refractivity contribution is 0.101. The minimum atomic E-state index is -0.308. The number of anilines is 1. The molecule has 0 fully saturated rings. The van der Waals surface area contributed by atoms with Crippen LogP contribution < -0.4 is 5.32 Å². The number of benzene rings is 1. The molecule has 5 nitrogen and oxygen atoms in total. The van der Waals surface area contributed by atoms with E-state index >= 15 is 0 Å². The van der Waals surface area contributed by atoms with Crippen LogP contribution in [-0.4, -0.2) is 16.0 Å². The fraction of sp³-hybridized carbons (Fsp3) is 0.267. The van der Waals surface area contributed by atoms with Crippen molar-refractivity contribution in [1.29, 1.82) is 0 Å². The van der Waals surface area contributed by atoms with Gasteiger partial charge in [0.05, 0.1) is 10.2 Å². The maximum absolute atomic E-state index is 12.1. The zero-order valence-corrected chi connectivity index (χ0v) is 12.8. The number of carbonyl (C=O) groups is 1. The Morgan fingerprint density at radius 1 is 1.38 bits per heavy atom. The van der Waals surface area contributed by atoms with E-state index < -0.39 is 0 Å². The molecule has 21 heavy (non-hydrogen) atoms. The summed E-state index contributed by atoms with van der Waals surface area (Å²) in [7, 11) is 0. The van der Waals surface area contributed by atoms with E-state index in [1.54, 1.807) is 13.0 Å². The number of hydrogen-bond acceptors (Lipinski definition) is 5. The van der Waals surface area contributed by atoms with Gasteiger partial charge in [-0.15, -0.1) is 0 Å². The van der Waals surface area contributed by atoms with E-state index in [9.17, 15) is 4.79 Å². The van der Waals surface area contributed by atoms with Gasteiger partial charge in [-0.3, -0.25) is 10.1 Å². The summed E-state index contributed by atoms with van der Waals surface area (Å²) >= 11 is 1.46. The molecule has 0 radical (unpaired) electrons. The molecule has 1 aromatic carbocycles. The van der Waals surface area contributed by atoms with Gasteiger partial charge in [0.2, 0.25) is 0 Å². The van der Waals surface area contributed by atoms with Crippen LogP contribution in [0.4, 0.5) is 5.13 Å². The molecule has 2 heterocycles. The molecule has 3 rings (SSSR count). The van der Waals surface area contributed by atoms with E-state index in [-0.39, 0.29) is 11.6 Å². The largest absolute Gasteiger partial charge is 0.361 e. The van der Waals surface area contributed by atoms with E-state index in [2.05, 4.69) is 35.4 Å². The predicted molar refractivity (Wildman–Crippen MR) is 82.9 cm³/mol. The zero-order chi connectivity index (χ0) is 15.0. The summed E-state index contributed by atoms with van der Waals surface area (Å²) in [5.74, 6) is 0.682. The second-order valence-corrected chi connectivity index (χ2v) is 6.18. The lowest BCUT2D eigenvalue weighted by Gasteiger charge is -2.04. The first-order valence-corrected chi connectivity index (χ1v) is 7.50. The van der Waals surface area contributed by atoms with Crippen molar-refractivity contribution in [3.63, 3.8) is 0 Å². The highest BCUT2D eigenvalue weighted by atomic mass is 32.1. The molecule has 0 unspecified atom stereocenters. The standard InChI is InChI=1S/C15H15N3O2S/c1-8(2)10-5-4-6-12-13(10)16-15(21-12)17-14(19)11-7-9(3)20-18-11/h4-8H,1-3H3,(H,16,17,19). The summed E-state index contributed by atoms with van der Waals surface area (Å²) in [6, 6.07) is 7.69. The van der Waals surface area contributed by atoms with Gasteiger partial charge in [0.15, 0.2) is 10.8 Å². The number of fused-ring (bicyclic) bond motifs is 1. The number of nitrogens with zero attached hydrogens (tertiary/aromatic N) is 2. The van der Waals surface area contributed by atoms with E-state index in [1.807, 2.05) is 12.1 Å². The Bertz CT molecular complexity index is 804. The number of aromatic nitrogens is 2. The first-order valence-electron chi connectivity index (χ1n) is 6.68. The van der Waals surface area contributed by atoms with Crippen molar-refractivity contribution in [3.05, 3.63) is 41.3 Å². The highest BCUT2D eigenvalue weighted by Gasteiger charge is 2.15. The molecule has 0 atom stereocenters. The summed E-state index contributed by atoms with van der Waals surface area (Å²) in [6.07, 6.45) is 0. The maximum Gasteiger partial charge on any atom is 0.279 e. The molecular formula is C15H15N3O2S. The Labute approximate surface area is 126 Å². The maximum atomic E-state index is 12.1. The summed E-state index contributed by atoms with van der Waals surface area (Å²) in [5.41, 5.74) is 2.39. The van der Waals surface area contributed by atoms with Crippen LogP contribution in [0.15, 0.2) is 28.8 Å². The molecule has 0 aliphatic carbocycles. The normalized spacial score (nSPS) is 11.2. The number of nitrogens with one attached hydrogen (secondary N) is 1. The number of carbonyl (C=O) groups excluding carboxylic acids is 1. The summed E-state index contributed by atoms with van der Waals surface area (Å²) in [5, 5.41) is 7.05. The van der Waals surface area contributed by atoms with Gasteiger partial charge >= 0.3 is 0 Å². The highest BCUT2D eigenvalue weighted by molar-refractivity contribution is 7.22. The second kappa shape index (κ2) is 5.29. The van der Waals surface area contributed by atoms with Crippen LogP contribution in [0.25, 0.3) is 10.2 Å². The second-order valence-electron chi connectivity index (χ2n) is 5.14. The molecule has 0 saturated carbocycles. The van der Waals surface area contributed by atoms with Crippen LogP contribution in [0.1, 0.15) is 41.6 Å².